The lowest BCUT2D eigenvalue weighted by atomic mass is 10.0. The van der Waals surface area contributed by atoms with Gasteiger partial charge < -0.3 is 9.97 Å². The number of imidazole rings is 1. The molecule has 2 radical (unpaired) electrons. The molecule has 0 unspecified atom stereocenters. The maximum Gasteiger partial charge on any atom is -0.00195 e. The highest BCUT2D eigenvalue weighted by atomic mass is 14.9. The molecule has 2 heteroatoms. The number of rotatable bonds is 0. The molecule has 50 valence electrons. The molecule has 1 aromatic rings. The molecule has 2 aliphatic rings. The first-order chi connectivity index (χ1) is 4.95. The van der Waals surface area contributed by atoms with Crippen molar-refractivity contribution in [1.29, 1.82) is 0 Å². The molecule has 2 atom stereocenters. The summed E-state index contributed by atoms with van der Waals surface area (Å²) in [5.74, 6) is 1.06. The Hall–Kier alpha value is -0.790. The first kappa shape index (κ1) is 4.94. The van der Waals surface area contributed by atoms with E-state index in [9.17, 15) is 0 Å². The van der Waals surface area contributed by atoms with Crippen molar-refractivity contribution in [3.63, 3.8) is 0 Å². The molecule has 0 aromatic carbocycles. The molecule has 2 bridgehead atoms. The lowest BCUT2D eigenvalue weighted by molar-refractivity contribution is 0.697. The molecule has 0 aliphatic heterocycles. The van der Waals surface area contributed by atoms with Crippen LogP contribution < -0.4 is 4.98 Å². The molecule has 2 aliphatic carbocycles. The van der Waals surface area contributed by atoms with Crippen LogP contribution in [-0.4, -0.2) is 4.98 Å². The van der Waals surface area contributed by atoms with Crippen LogP contribution in [-0.2, 0) is 0 Å². The predicted molar refractivity (Wildman–Crippen MR) is 35.5 cm³/mol. The largest absolute Gasteiger partial charge is 0.447 e. The van der Waals surface area contributed by atoms with Gasteiger partial charge in [-0.05, 0) is 31.1 Å². The van der Waals surface area contributed by atoms with Gasteiger partial charge in [0.2, 0.25) is 0 Å². The molecule has 1 saturated carbocycles. The Bertz CT molecular complexity index is 239. The van der Waals surface area contributed by atoms with E-state index in [0.717, 1.165) is 0 Å². The van der Waals surface area contributed by atoms with Crippen LogP contribution in [0.1, 0.15) is 36.1 Å². The fourth-order valence-corrected chi connectivity index (χ4v) is 2.00. The van der Waals surface area contributed by atoms with E-state index in [1.54, 1.807) is 6.33 Å². The summed E-state index contributed by atoms with van der Waals surface area (Å²) in [6.45, 7) is 0. The van der Waals surface area contributed by atoms with Crippen molar-refractivity contribution in [2.24, 2.45) is 0 Å². The first-order valence-electron chi connectivity index (χ1n) is 3.68. The third-order valence-corrected chi connectivity index (χ3v) is 2.46. The Balaban J connectivity index is 2.25. The molecule has 0 spiro atoms. The SMILES string of the molecule is [C]1[C@@H]2CC[C@H]1c1nc[n-]c12. The molecule has 0 amide bonds. The Morgan fingerprint density at radius 1 is 1.50 bits per heavy atom. The van der Waals surface area contributed by atoms with Gasteiger partial charge in [0, 0.05) is 0 Å². The maximum absolute atomic E-state index is 4.21. The number of aromatic nitrogens is 2. The third-order valence-electron chi connectivity index (χ3n) is 2.46. The van der Waals surface area contributed by atoms with E-state index >= 15 is 0 Å². The molecule has 0 N–H and O–H groups in total. The van der Waals surface area contributed by atoms with Gasteiger partial charge in [-0.3, -0.25) is 0 Å². The number of fused-ring (bicyclic) bond motifs is 5. The predicted octanol–water partition coefficient (Wildman–Crippen LogP) is 1.09. The number of hydrogen-bond acceptors (Lipinski definition) is 1. The van der Waals surface area contributed by atoms with Crippen molar-refractivity contribution in [1.82, 2.24) is 9.97 Å². The Labute approximate surface area is 59.7 Å². The maximum atomic E-state index is 4.21. The summed E-state index contributed by atoms with van der Waals surface area (Å²) in [4.78, 5) is 8.41. The summed E-state index contributed by atoms with van der Waals surface area (Å²) in [7, 11) is 0. The van der Waals surface area contributed by atoms with Crippen LogP contribution in [0.4, 0.5) is 0 Å². The molecule has 3 rings (SSSR count). The lowest BCUT2D eigenvalue weighted by Crippen LogP contribution is -1.96. The van der Waals surface area contributed by atoms with Gasteiger partial charge in [-0.15, -0.1) is 0 Å². The standard InChI is InChI=1S/C8H7N2/c1-2-6-3-5(1)7-8(6)10-4-9-7/h4-6H,1-2H2/q-1/t5-,6+. The van der Waals surface area contributed by atoms with Gasteiger partial charge in [-0.2, -0.15) is 0 Å². The van der Waals surface area contributed by atoms with Crippen molar-refractivity contribution in [3.05, 3.63) is 24.1 Å². The average Bonchev–Trinajstić information content (AvgIpc) is 2.60. The van der Waals surface area contributed by atoms with Crippen molar-refractivity contribution >= 4 is 0 Å². The van der Waals surface area contributed by atoms with Crippen LogP contribution in [0.2, 0.25) is 0 Å². The zero-order valence-corrected chi connectivity index (χ0v) is 5.54. The van der Waals surface area contributed by atoms with Gasteiger partial charge in [-0.25, -0.2) is 0 Å². The van der Waals surface area contributed by atoms with Crippen LogP contribution in [0.3, 0.4) is 0 Å². The number of hydrogen-bond donors (Lipinski definition) is 0. The Kier molecular flexibility index (Phi) is 0.712. The van der Waals surface area contributed by atoms with Crippen LogP contribution in [0.5, 0.6) is 0 Å². The minimum atomic E-state index is 0.530. The smallest absolute Gasteiger partial charge is 0.00195 e. The molecule has 10 heavy (non-hydrogen) atoms. The zero-order valence-electron chi connectivity index (χ0n) is 5.54. The van der Waals surface area contributed by atoms with Gasteiger partial charge in [-0.1, -0.05) is 17.7 Å². The van der Waals surface area contributed by atoms with E-state index in [1.807, 2.05) is 0 Å². The van der Waals surface area contributed by atoms with Gasteiger partial charge in [0.15, 0.2) is 0 Å². The summed E-state index contributed by atoms with van der Waals surface area (Å²) in [6, 6.07) is 0. The zero-order chi connectivity index (χ0) is 6.55. The molecule has 1 heterocycles. The van der Waals surface area contributed by atoms with Crippen LogP contribution >= 0.6 is 0 Å². The fraction of sp³-hybridized carbons (Fsp3) is 0.500. The average molecular weight is 131 g/mol. The summed E-state index contributed by atoms with van der Waals surface area (Å²) in [5, 5.41) is 0. The summed E-state index contributed by atoms with van der Waals surface area (Å²) < 4.78 is 0. The molecule has 2 nitrogen and oxygen atoms in total. The van der Waals surface area contributed by atoms with Crippen LogP contribution in [0.15, 0.2) is 6.33 Å². The fourth-order valence-electron chi connectivity index (χ4n) is 2.00. The van der Waals surface area contributed by atoms with Gasteiger partial charge >= 0.3 is 0 Å². The topological polar surface area (TPSA) is 27.0 Å². The van der Waals surface area contributed by atoms with Gasteiger partial charge in [0.05, 0.1) is 0 Å². The van der Waals surface area contributed by atoms with Gasteiger partial charge in [0.25, 0.3) is 0 Å². The molecule has 0 saturated heterocycles. The second-order valence-electron chi connectivity index (χ2n) is 2.99. The molecule has 1 fully saturated rings. The van der Waals surface area contributed by atoms with Gasteiger partial charge in [0.1, 0.15) is 0 Å². The second-order valence-corrected chi connectivity index (χ2v) is 2.99. The molecular formula is C8H7N2-. The minimum absolute atomic E-state index is 0.530. The second kappa shape index (κ2) is 1.44. The van der Waals surface area contributed by atoms with E-state index in [2.05, 4.69) is 16.4 Å². The highest BCUT2D eigenvalue weighted by Gasteiger charge is 2.34. The highest BCUT2D eigenvalue weighted by molar-refractivity contribution is 5.37. The molecular weight excluding hydrogens is 124 g/mol. The Morgan fingerprint density at radius 3 is 3.30 bits per heavy atom. The van der Waals surface area contributed by atoms with Crippen molar-refractivity contribution in [3.8, 4) is 0 Å². The minimum Gasteiger partial charge on any atom is -0.447 e. The molecule has 1 aromatic heterocycles. The normalized spacial score (nSPS) is 34.8. The summed E-state index contributed by atoms with van der Waals surface area (Å²) >= 11 is 0. The summed E-state index contributed by atoms with van der Waals surface area (Å²) in [5.41, 5.74) is 2.41. The Morgan fingerprint density at radius 2 is 2.40 bits per heavy atom. The monoisotopic (exact) mass is 131 g/mol. The van der Waals surface area contributed by atoms with E-state index in [1.165, 1.54) is 24.2 Å². The van der Waals surface area contributed by atoms with E-state index in [-0.39, 0.29) is 0 Å². The first-order valence-corrected chi connectivity index (χ1v) is 3.68. The quantitative estimate of drug-likeness (QED) is 0.527. The highest BCUT2D eigenvalue weighted by Crippen LogP contribution is 2.50. The van der Waals surface area contributed by atoms with Crippen LogP contribution in [0, 0.1) is 6.42 Å². The van der Waals surface area contributed by atoms with Crippen molar-refractivity contribution in [2.45, 2.75) is 24.7 Å². The van der Waals surface area contributed by atoms with Crippen molar-refractivity contribution < 1.29 is 0 Å². The van der Waals surface area contributed by atoms with E-state index < -0.39 is 0 Å². The van der Waals surface area contributed by atoms with E-state index in [0.29, 0.717) is 11.8 Å². The van der Waals surface area contributed by atoms with E-state index in [4.69, 9.17) is 0 Å². The number of nitrogens with zero attached hydrogens (tertiary/aromatic N) is 2. The van der Waals surface area contributed by atoms with Crippen LogP contribution in [0.25, 0.3) is 0 Å². The summed E-state index contributed by atoms with van der Waals surface area (Å²) in [6.07, 6.45) is 7.62. The van der Waals surface area contributed by atoms with Crippen molar-refractivity contribution in [2.75, 3.05) is 0 Å². The third kappa shape index (κ3) is 0.405. The lowest BCUT2D eigenvalue weighted by Gasteiger charge is -2.12.